The molecule has 2 aromatic carbocycles. The number of piperidine rings is 2. The minimum absolute atomic E-state index is 0.0241. The normalized spacial score (nSPS) is 25.0. The van der Waals surface area contributed by atoms with Crippen molar-refractivity contribution in [2.45, 2.75) is 67.7 Å². The zero-order chi connectivity index (χ0) is 31.0. The molecule has 0 bridgehead atoms. The molecule has 4 atom stereocenters. The van der Waals surface area contributed by atoms with E-state index in [2.05, 4.69) is 34.9 Å². The molecule has 3 aromatic rings. The summed E-state index contributed by atoms with van der Waals surface area (Å²) in [5, 5.41) is 17.1. The Morgan fingerprint density at radius 2 is 1.55 bits per heavy atom. The maximum atomic E-state index is 13.1. The first-order valence-corrected chi connectivity index (χ1v) is 17.2. The Morgan fingerprint density at radius 3 is 2.11 bits per heavy atom. The second-order valence-electron chi connectivity index (χ2n) is 12.1. The van der Waals surface area contributed by atoms with Crippen molar-refractivity contribution in [1.29, 1.82) is 0 Å². The average Bonchev–Trinajstić information content (AvgIpc) is 3.52. The number of hydrogen-bond acceptors (Lipinski definition) is 6. The number of carboxylic acid groups (broad SMARTS) is 1. The lowest BCUT2D eigenvalue weighted by Gasteiger charge is -2.47. The zero-order valence-corrected chi connectivity index (χ0v) is 26.3. The van der Waals surface area contributed by atoms with Gasteiger partial charge in [-0.25, -0.2) is 13.2 Å². The molecule has 44 heavy (non-hydrogen) atoms. The van der Waals surface area contributed by atoms with E-state index in [9.17, 15) is 18.0 Å². The lowest BCUT2D eigenvalue weighted by atomic mass is 9.65. The maximum absolute atomic E-state index is 13.1. The van der Waals surface area contributed by atoms with Crippen molar-refractivity contribution in [1.82, 2.24) is 14.9 Å². The zero-order valence-electron chi connectivity index (χ0n) is 24.0. The fourth-order valence-corrected chi connectivity index (χ4v) is 8.94. The number of rotatable bonds is 8. The van der Waals surface area contributed by atoms with E-state index >= 15 is 0 Å². The van der Waals surface area contributed by atoms with E-state index in [0.29, 0.717) is 35.2 Å². The summed E-state index contributed by atoms with van der Waals surface area (Å²) >= 11 is 12.5. The van der Waals surface area contributed by atoms with E-state index in [4.69, 9.17) is 32.7 Å². The third-order valence-electron chi connectivity index (χ3n) is 9.43. The lowest BCUT2D eigenvalue weighted by Crippen LogP contribution is -2.60. The number of halogens is 2. The summed E-state index contributed by atoms with van der Waals surface area (Å²) < 4.78 is 32.6. The van der Waals surface area contributed by atoms with Crippen LogP contribution in [0.2, 0.25) is 10.0 Å². The summed E-state index contributed by atoms with van der Waals surface area (Å²) in [5.41, 5.74) is 2.40. The van der Waals surface area contributed by atoms with Crippen molar-refractivity contribution in [2.75, 3.05) is 13.1 Å². The summed E-state index contributed by atoms with van der Waals surface area (Å²) in [6.07, 6.45) is 4.30. The van der Waals surface area contributed by atoms with Gasteiger partial charge in [-0.15, -0.1) is 0 Å². The summed E-state index contributed by atoms with van der Waals surface area (Å²) in [5.74, 6) is -0.962. The van der Waals surface area contributed by atoms with Crippen LogP contribution in [0.25, 0.3) is 0 Å². The SMILES string of the molecule is O=C1CC(NC2CCN(S(=O)(=O)c3ccc(C(=O)O)o3)CC2)C2CC(C(c3ccc(Cl)cc3)c3ccc(Cl)cc3)CCC2N1. The largest absolute Gasteiger partial charge is 0.475 e. The van der Waals surface area contributed by atoms with Crippen molar-refractivity contribution in [2.24, 2.45) is 11.8 Å². The predicted molar refractivity (Wildman–Crippen MR) is 166 cm³/mol. The van der Waals surface area contributed by atoms with E-state index in [0.717, 1.165) is 25.3 Å². The highest BCUT2D eigenvalue weighted by atomic mass is 35.5. The topological polar surface area (TPSA) is 129 Å². The molecule has 6 rings (SSSR count). The number of amides is 1. The molecule has 3 N–H and O–H groups in total. The number of furan rings is 1. The van der Waals surface area contributed by atoms with Gasteiger partial charge in [-0.3, -0.25) is 4.79 Å². The van der Waals surface area contributed by atoms with Crippen LogP contribution in [-0.4, -0.2) is 60.9 Å². The van der Waals surface area contributed by atoms with Gasteiger partial charge < -0.3 is 20.2 Å². The molecule has 2 saturated heterocycles. The summed E-state index contributed by atoms with van der Waals surface area (Å²) in [7, 11) is -3.94. The molecule has 1 saturated carbocycles. The number of nitrogens with zero attached hydrogens (tertiary/aromatic N) is 1. The molecule has 4 unspecified atom stereocenters. The van der Waals surface area contributed by atoms with Gasteiger partial charge >= 0.3 is 5.97 Å². The molecule has 1 aromatic heterocycles. The number of carboxylic acids is 1. The number of nitrogens with one attached hydrogen (secondary N) is 2. The molecule has 2 aliphatic heterocycles. The van der Waals surface area contributed by atoms with E-state index in [1.54, 1.807) is 0 Å². The highest BCUT2D eigenvalue weighted by molar-refractivity contribution is 7.89. The molecule has 234 valence electrons. The Hall–Kier alpha value is -2.89. The molecular formula is C32H35Cl2N3O6S. The molecule has 9 nitrogen and oxygen atoms in total. The lowest BCUT2D eigenvalue weighted by molar-refractivity contribution is -0.126. The van der Waals surface area contributed by atoms with Crippen molar-refractivity contribution in [3.05, 3.63) is 87.6 Å². The highest BCUT2D eigenvalue weighted by Gasteiger charge is 2.44. The van der Waals surface area contributed by atoms with E-state index in [1.165, 1.54) is 21.5 Å². The smallest absolute Gasteiger partial charge is 0.371 e. The number of benzene rings is 2. The van der Waals surface area contributed by atoms with Crippen LogP contribution < -0.4 is 10.6 Å². The van der Waals surface area contributed by atoms with Gasteiger partial charge in [0, 0.05) is 53.6 Å². The van der Waals surface area contributed by atoms with Crippen LogP contribution in [0.15, 0.2) is 70.2 Å². The first-order chi connectivity index (χ1) is 21.1. The van der Waals surface area contributed by atoms with Gasteiger partial charge in [0.25, 0.3) is 10.0 Å². The maximum Gasteiger partial charge on any atom is 0.371 e. The number of carbonyl (C=O) groups is 2. The summed E-state index contributed by atoms with van der Waals surface area (Å²) in [6.45, 7) is 0.544. The molecule has 3 heterocycles. The quantitative estimate of drug-likeness (QED) is 0.290. The monoisotopic (exact) mass is 659 g/mol. The van der Waals surface area contributed by atoms with Crippen LogP contribution in [0.3, 0.4) is 0 Å². The first kappa shape index (κ1) is 31.1. The summed E-state index contributed by atoms with van der Waals surface area (Å²) in [6, 6.07) is 18.6. The second-order valence-corrected chi connectivity index (χ2v) is 14.8. The van der Waals surface area contributed by atoms with Gasteiger partial charge in [0.15, 0.2) is 0 Å². The number of aromatic carboxylic acids is 1. The van der Waals surface area contributed by atoms with Crippen LogP contribution in [0.4, 0.5) is 0 Å². The molecule has 1 amide bonds. The van der Waals surface area contributed by atoms with Crippen LogP contribution in [0.1, 0.15) is 66.1 Å². The summed E-state index contributed by atoms with van der Waals surface area (Å²) in [4.78, 5) is 23.9. The van der Waals surface area contributed by atoms with Crippen molar-refractivity contribution >= 4 is 45.1 Å². The van der Waals surface area contributed by atoms with Crippen LogP contribution in [-0.2, 0) is 14.8 Å². The van der Waals surface area contributed by atoms with E-state index in [-0.39, 0.29) is 54.1 Å². The third kappa shape index (κ3) is 6.55. The molecule has 0 radical (unpaired) electrons. The first-order valence-electron chi connectivity index (χ1n) is 15.0. The van der Waals surface area contributed by atoms with Crippen molar-refractivity contribution in [3.8, 4) is 0 Å². The molecule has 1 aliphatic carbocycles. The van der Waals surface area contributed by atoms with Crippen LogP contribution in [0, 0.1) is 11.8 Å². The fourth-order valence-electron chi connectivity index (χ4n) is 7.31. The Kier molecular flexibility index (Phi) is 9.08. The van der Waals surface area contributed by atoms with Crippen LogP contribution >= 0.6 is 23.2 Å². The van der Waals surface area contributed by atoms with Crippen molar-refractivity contribution in [3.63, 3.8) is 0 Å². The van der Waals surface area contributed by atoms with E-state index < -0.39 is 21.8 Å². The predicted octanol–water partition coefficient (Wildman–Crippen LogP) is 5.53. The molecule has 12 heteroatoms. The molecular weight excluding hydrogens is 625 g/mol. The van der Waals surface area contributed by atoms with Gasteiger partial charge in [-0.05, 0) is 91.5 Å². The standard InChI is InChI=1S/C32H35Cl2N3O6S/c33-22-6-1-19(2-7-22)31(20-3-8-23(34)9-4-20)21-5-10-26-25(17-21)27(18-29(38)36-26)35-24-13-15-37(16-14-24)44(41,42)30-12-11-28(43-30)32(39)40/h1-4,6-9,11-12,21,24-27,31,35H,5,10,13-18H2,(H,36,38)(H,39,40). The number of hydrogen-bond donors (Lipinski definition) is 3. The second kappa shape index (κ2) is 12.8. The molecule has 3 aliphatic rings. The Bertz CT molecular complexity index is 1560. The van der Waals surface area contributed by atoms with Crippen molar-refractivity contribution < 1.29 is 27.5 Å². The third-order valence-corrected chi connectivity index (χ3v) is 11.7. The highest BCUT2D eigenvalue weighted by Crippen LogP contribution is 2.45. The minimum Gasteiger partial charge on any atom is -0.475 e. The van der Waals surface area contributed by atoms with Gasteiger partial charge in [-0.2, -0.15) is 4.31 Å². The van der Waals surface area contributed by atoms with E-state index in [1.807, 2.05) is 24.3 Å². The van der Waals surface area contributed by atoms with Gasteiger partial charge in [0.1, 0.15) is 0 Å². The number of sulfonamides is 1. The van der Waals surface area contributed by atoms with Gasteiger partial charge in [0.05, 0.1) is 0 Å². The average molecular weight is 661 g/mol. The van der Waals surface area contributed by atoms with Crippen LogP contribution in [0.5, 0.6) is 0 Å². The Balaban J connectivity index is 1.16. The molecule has 3 fully saturated rings. The fraction of sp³-hybridized carbons (Fsp3) is 0.438. The minimum atomic E-state index is -3.94. The number of fused-ring (bicyclic) bond motifs is 1. The molecule has 0 spiro atoms. The Labute approximate surface area is 267 Å². The van der Waals surface area contributed by atoms with Gasteiger partial charge in [0.2, 0.25) is 16.8 Å². The van der Waals surface area contributed by atoms with Gasteiger partial charge in [-0.1, -0.05) is 47.5 Å². The Morgan fingerprint density at radius 1 is 0.932 bits per heavy atom. The number of carbonyl (C=O) groups excluding carboxylic acids is 1.